The fraction of sp³-hybridized carbons (Fsp3) is 0.450. The molecular formula is C20H25N5O2. The minimum absolute atomic E-state index is 0.153. The molecule has 1 saturated heterocycles. The molecule has 0 bridgehead atoms. The number of hydrogen-bond donors (Lipinski definition) is 1. The van der Waals surface area contributed by atoms with Crippen LogP contribution in [0.25, 0.3) is 11.5 Å². The van der Waals surface area contributed by atoms with E-state index in [0.717, 1.165) is 36.7 Å². The van der Waals surface area contributed by atoms with Crippen molar-refractivity contribution in [2.24, 2.45) is 0 Å². The Hall–Kier alpha value is -2.51. The van der Waals surface area contributed by atoms with Gasteiger partial charge in [-0.3, -0.25) is 5.10 Å². The molecule has 1 aromatic carbocycles. The molecule has 3 heterocycles. The van der Waals surface area contributed by atoms with E-state index in [1.54, 1.807) is 0 Å². The third-order valence-electron chi connectivity index (χ3n) is 4.78. The Labute approximate surface area is 158 Å². The number of ether oxygens (including phenoxy) is 2. The highest BCUT2D eigenvalue weighted by Gasteiger charge is 2.26. The molecule has 2 atom stereocenters. The molecule has 1 N–H and O–H groups in total. The molecule has 3 aromatic rings. The molecule has 4 rings (SSSR count). The predicted molar refractivity (Wildman–Crippen MR) is 101 cm³/mol. The molecule has 142 valence electrons. The first kappa shape index (κ1) is 17.9. The predicted octanol–water partition coefficient (Wildman–Crippen LogP) is 3.32. The lowest BCUT2D eigenvalue weighted by atomic mass is 10.1. The summed E-state index contributed by atoms with van der Waals surface area (Å²) >= 11 is 0. The molecule has 0 amide bonds. The van der Waals surface area contributed by atoms with Gasteiger partial charge in [-0.15, -0.1) is 0 Å². The van der Waals surface area contributed by atoms with Gasteiger partial charge in [0, 0.05) is 25.3 Å². The molecule has 27 heavy (non-hydrogen) atoms. The SMILES string of the molecule is CCOC(C)c1nc(-c2cc(Cc3ccccc3)[nH]n2)n(C2CCOC2)n1. The molecule has 7 nitrogen and oxygen atoms in total. The highest BCUT2D eigenvalue weighted by atomic mass is 16.5. The third kappa shape index (κ3) is 3.94. The first-order valence-corrected chi connectivity index (χ1v) is 9.49. The van der Waals surface area contributed by atoms with Crippen molar-refractivity contribution in [1.82, 2.24) is 25.0 Å². The summed E-state index contributed by atoms with van der Waals surface area (Å²) in [5, 5.41) is 12.4. The van der Waals surface area contributed by atoms with Crippen LogP contribution in [-0.4, -0.2) is 44.8 Å². The van der Waals surface area contributed by atoms with Gasteiger partial charge in [0.25, 0.3) is 0 Å². The van der Waals surface area contributed by atoms with Crippen LogP contribution < -0.4 is 0 Å². The van der Waals surface area contributed by atoms with E-state index >= 15 is 0 Å². The summed E-state index contributed by atoms with van der Waals surface area (Å²) in [5.74, 6) is 1.45. The number of hydrogen-bond acceptors (Lipinski definition) is 5. The highest BCUT2D eigenvalue weighted by molar-refractivity contribution is 5.50. The van der Waals surface area contributed by atoms with Crippen LogP contribution in [0.1, 0.15) is 49.5 Å². The fourth-order valence-electron chi connectivity index (χ4n) is 3.36. The van der Waals surface area contributed by atoms with Gasteiger partial charge in [-0.1, -0.05) is 30.3 Å². The van der Waals surface area contributed by atoms with Crippen molar-refractivity contribution >= 4 is 0 Å². The summed E-state index contributed by atoms with van der Waals surface area (Å²) in [6.45, 7) is 5.98. The van der Waals surface area contributed by atoms with Gasteiger partial charge in [-0.05, 0) is 31.9 Å². The maximum Gasteiger partial charge on any atom is 0.179 e. The van der Waals surface area contributed by atoms with Gasteiger partial charge in [-0.25, -0.2) is 9.67 Å². The number of aromatic nitrogens is 5. The third-order valence-corrected chi connectivity index (χ3v) is 4.78. The van der Waals surface area contributed by atoms with E-state index in [2.05, 4.69) is 28.4 Å². The van der Waals surface area contributed by atoms with Gasteiger partial charge in [0.15, 0.2) is 11.6 Å². The second kappa shape index (κ2) is 8.02. The number of H-pyrrole nitrogens is 1. The van der Waals surface area contributed by atoms with E-state index in [0.29, 0.717) is 19.0 Å². The molecule has 0 spiro atoms. The van der Waals surface area contributed by atoms with Gasteiger partial charge in [0.1, 0.15) is 11.8 Å². The van der Waals surface area contributed by atoms with Gasteiger partial charge >= 0.3 is 0 Å². The van der Waals surface area contributed by atoms with Crippen molar-refractivity contribution in [1.29, 1.82) is 0 Å². The second-order valence-corrected chi connectivity index (χ2v) is 6.79. The largest absolute Gasteiger partial charge is 0.379 e. The van der Waals surface area contributed by atoms with Crippen LogP contribution in [0.15, 0.2) is 36.4 Å². The Morgan fingerprint density at radius 2 is 2.19 bits per heavy atom. The average molecular weight is 367 g/mol. The van der Waals surface area contributed by atoms with E-state index in [-0.39, 0.29) is 12.1 Å². The van der Waals surface area contributed by atoms with Crippen LogP contribution in [0.5, 0.6) is 0 Å². The summed E-state index contributed by atoms with van der Waals surface area (Å²) in [6, 6.07) is 12.6. The molecule has 0 aliphatic carbocycles. The van der Waals surface area contributed by atoms with Crippen LogP contribution >= 0.6 is 0 Å². The lowest BCUT2D eigenvalue weighted by Crippen LogP contribution is -2.12. The molecule has 2 aromatic heterocycles. The first-order valence-electron chi connectivity index (χ1n) is 9.49. The molecule has 0 saturated carbocycles. The lowest BCUT2D eigenvalue weighted by molar-refractivity contribution is 0.0697. The molecule has 7 heteroatoms. The number of nitrogens with zero attached hydrogens (tertiary/aromatic N) is 4. The summed E-state index contributed by atoms with van der Waals surface area (Å²) in [5.41, 5.74) is 3.09. The first-order chi connectivity index (χ1) is 13.2. The number of aromatic amines is 1. The standard InChI is InChI=1S/C20H25N5O2/c1-3-27-14(2)19-21-20(25(24-19)17-9-10-26-13-17)18-12-16(22-23-18)11-15-7-5-4-6-8-15/h4-8,12,14,17H,3,9-11,13H2,1-2H3,(H,22,23). The van der Waals surface area contributed by atoms with E-state index in [1.807, 2.05) is 36.7 Å². The normalized spacial score (nSPS) is 18.1. The monoisotopic (exact) mass is 367 g/mol. The number of rotatable bonds is 7. The van der Waals surface area contributed by atoms with Crippen LogP contribution in [0.3, 0.4) is 0 Å². The Morgan fingerprint density at radius 1 is 1.33 bits per heavy atom. The van der Waals surface area contributed by atoms with Crippen LogP contribution in [0, 0.1) is 0 Å². The minimum atomic E-state index is -0.153. The summed E-state index contributed by atoms with van der Waals surface area (Å²) in [7, 11) is 0. The van der Waals surface area contributed by atoms with E-state index in [1.165, 1.54) is 5.56 Å². The molecule has 1 aliphatic heterocycles. The maximum absolute atomic E-state index is 5.68. The van der Waals surface area contributed by atoms with Crippen LogP contribution in [-0.2, 0) is 15.9 Å². The summed E-state index contributed by atoms with van der Waals surface area (Å²) < 4.78 is 13.2. The van der Waals surface area contributed by atoms with Crippen molar-refractivity contribution in [3.05, 3.63) is 53.5 Å². The molecular weight excluding hydrogens is 342 g/mol. The lowest BCUT2D eigenvalue weighted by Gasteiger charge is -2.10. The average Bonchev–Trinajstić information content (AvgIpc) is 3.42. The zero-order valence-electron chi connectivity index (χ0n) is 15.8. The molecule has 0 radical (unpaired) electrons. The molecule has 2 unspecified atom stereocenters. The Morgan fingerprint density at radius 3 is 2.93 bits per heavy atom. The Balaban J connectivity index is 1.63. The number of nitrogens with one attached hydrogen (secondary N) is 1. The zero-order chi connectivity index (χ0) is 18.6. The Kier molecular flexibility index (Phi) is 5.31. The smallest absolute Gasteiger partial charge is 0.179 e. The Bertz CT molecular complexity index is 868. The molecule has 1 fully saturated rings. The van der Waals surface area contributed by atoms with Crippen molar-refractivity contribution in [3.8, 4) is 11.5 Å². The van der Waals surface area contributed by atoms with Gasteiger partial charge in [-0.2, -0.15) is 10.2 Å². The van der Waals surface area contributed by atoms with Crippen molar-refractivity contribution in [2.45, 2.75) is 38.8 Å². The summed E-state index contributed by atoms with van der Waals surface area (Å²) in [4.78, 5) is 4.75. The van der Waals surface area contributed by atoms with E-state index in [4.69, 9.17) is 19.6 Å². The number of benzene rings is 1. The van der Waals surface area contributed by atoms with Crippen LogP contribution in [0.4, 0.5) is 0 Å². The van der Waals surface area contributed by atoms with E-state index < -0.39 is 0 Å². The van der Waals surface area contributed by atoms with Crippen molar-refractivity contribution < 1.29 is 9.47 Å². The van der Waals surface area contributed by atoms with Gasteiger partial charge in [0.2, 0.25) is 0 Å². The van der Waals surface area contributed by atoms with Crippen molar-refractivity contribution in [3.63, 3.8) is 0 Å². The maximum atomic E-state index is 5.68. The fourth-order valence-corrected chi connectivity index (χ4v) is 3.36. The van der Waals surface area contributed by atoms with Gasteiger partial charge < -0.3 is 9.47 Å². The van der Waals surface area contributed by atoms with Gasteiger partial charge in [0.05, 0.1) is 12.6 Å². The highest BCUT2D eigenvalue weighted by Crippen LogP contribution is 2.27. The van der Waals surface area contributed by atoms with Crippen LogP contribution in [0.2, 0.25) is 0 Å². The second-order valence-electron chi connectivity index (χ2n) is 6.79. The zero-order valence-corrected chi connectivity index (χ0v) is 15.8. The van der Waals surface area contributed by atoms with Crippen molar-refractivity contribution in [2.75, 3.05) is 19.8 Å². The quantitative estimate of drug-likeness (QED) is 0.693. The summed E-state index contributed by atoms with van der Waals surface area (Å²) in [6.07, 6.45) is 1.58. The van der Waals surface area contributed by atoms with E-state index in [9.17, 15) is 0 Å². The molecule has 1 aliphatic rings. The topological polar surface area (TPSA) is 77.8 Å². The minimum Gasteiger partial charge on any atom is -0.379 e.